The molecule has 0 unspecified atom stereocenters. The third-order valence-corrected chi connectivity index (χ3v) is 4.13. The van der Waals surface area contributed by atoms with Gasteiger partial charge in [0.25, 0.3) is 5.91 Å². The van der Waals surface area contributed by atoms with E-state index in [0.29, 0.717) is 32.6 Å². The van der Waals surface area contributed by atoms with E-state index in [0.717, 1.165) is 0 Å². The molecular formula is C18H25FN2O3. The van der Waals surface area contributed by atoms with Crippen LogP contribution in [0.25, 0.3) is 0 Å². The van der Waals surface area contributed by atoms with Crippen molar-refractivity contribution in [1.29, 1.82) is 0 Å². The SMILES string of the molecule is COc1cccc(C(=O)N2CCCN(C(=O)C(C)(C)C)CC2)c1F. The van der Waals surface area contributed by atoms with Crippen LogP contribution in [0.15, 0.2) is 18.2 Å². The Morgan fingerprint density at radius 1 is 1.08 bits per heavy atom. The first-order valence-electron chi connectivity index (χ1n) is 8.17. The third kappa shape index (κ3) is 3.86. The second kappa shape index (κ2) is 7.20. The van der Waals surface area contributed by atoms with Crippen LogP contribution in [0.1, 0.15) is 37.6 Å². The number of nitrogens with zero attached hydrogens (tertiary/aromatic N) is 2. The van der Waals surface area contributed by atoms with Crippen molar-refractivity contribution < 1.29 is 18.7 Å². The molecule has 0 atom stereocenters. The van der Waals surface area contributed by atoms with Crippen molar-refractivity contribution in [3.63, 3.8) is 0 Å². The van der Waals surface area contributed by atoms with E-state index < -0.39 is 11.2 Å². The molecule has 5 nitrogen and oxygen atoms in total. The third-order valence-electron chi connectivity index (χ3n) is 4.13. The van der Waals surface area contributed by atoms with Crippen molar-refractivity contribution in [3.05, 3.63) is 29.6 Å². The number of carbonyl (C=O) groups is 2. The Balaban J connectivity index is 2.12. The summed E-state index contributed by atoms with van der Waals surface area (Å²) in [5.74, 6) is -0.877. The van der Waals surface area contributed by atoms with Gasteiger partial charge in [0.05, 0.1) is 12.7 Å². The number of methoxy groups -OCH3 is 1. The van der Waals surface area contributed by atoms with Gasteiger partial charge in [-0.25, -0.2) is 4.39 Å². The van der Waals surface area contributed by atoms with E-state index in [1.54, 1.807) is 15.9 Å². The van der Waals surface area contributed by atoms with Crippen LogP contribution in [0.2, 0.25) is 0 Å². The lowest BCUT2D eigenvalue weighted by atomic mass is 9.94. The lowest BCUT2D eigenvalue weighted by Gasteiger charge is -2.28. The van der Waals surface area contributed by atoms with Crippen molar-refractivity contribution >= 4 is 11.8 Å². The Morgan fingerprint density at radius 3 is 2.33 bits per heavy atom. The van der Waals surface area contributed by atoms with Gasteiger partial charge in [0.15, 0.2) is 11.6 Å². The first kappa shape index (κ1) is 18.2. The van der Waals surface area contributed by atoms with E-state index in [-0.39, 0.29) is 23.1 Å². The highest BCUT2D eigenvalue weighted by Crippen LogP contribution is 2.23. The van der Waals surface area contributed by atoms with Gasteiger partial charge in [-0.1, -0.05) is 26.8 Å². The fraction of sp³-hybridized carbons (Fsp3) is 0.556. The summed E-state index contributed by atoms with van der Waals surface area (Å²) in [6.07, 6.45) is 0.680. The second-order valence-electron chi connectivity index (χ2n) is 7.01. The number of ether oxygens (including phenoxy) is 1. The molecule has 1 aromatic rings. The smallest absolute Gasteiger partial charge is 0.257 e. The Morgan fingerprint density at radius 2 is 1.71 bits per heavy atom. The van der Waals surface area contributed by atoms with Crippen molar-refractivity contribution in [2.45, 2.75) is 27.2 Å². The molecule has 0 radical (unpaired) electrons. The summed E-state index contributed by atoms with van der Waals surface area (Å²) in [5, 5.41) is 0. The van der Waals surface area contributed by atoms with Crippen LogP contribution in [0.3, 0.4) is 0 Å². The molecule has 1 fully saturated rings. The minimum atomic E-state index is -0.642. The normalized spacial score (nSPS) is 15.9. The molecule has 132 valence electrons. The summed E-state index contributed by atoms with van der Waals surface area (Å²) in [4.78, 5) is 28.4. The predicted octanol–water partition coefficient (Wildman–Crippen LogP) is 2.55. The molecule has 1 saturated heterocycles. The zero-order valence-electron chi connectivity index (χ0n) is 14.8. The van der Waals surface area contributed by atoms with Gasteiger partial charge in [-0.3, -0.25) is 9.59 Å². The molecule has 0 bridgehead atoms. The molecule has 1 heterocycles. The highest BCUT2D eigenvalue weighted by Gasteiger charge is 2.30. The number of carbonyl (C=O) groups excluding carboxylic acids is 2. The molecule has 1 aromatic carbocycles. The van der Waals surface area contributed by atoms with Crippen molar-refractivity contribution in [1.82, 2.24) is 9.80 Å². The minimum Gasteiger partial charge on any atom is -0.494 e. The summed E-state index contributed by atoms with van der Waals surface area (Å²) in [6.45, 7) is 7.63. The zero-order chi connectivity index (χ0) is 17.9. The Labute approximate surface area is 142 Å². The summed E-state index contributed by atoms with van der Waals surface area (Å²) >= 11 is 0. The fourth-order valence-corrected chi connectivity index (χ4v) is 2.80. The molecule has 6 heteroatoms. The van der Waals surface area contributed by atoms with Crippen LogP contribution in [-0.2, 0) is 4.79 Å². The van der Waals surface area contributed by atoms with E-state index in [2.05, 4.69) is 0 Å². The summed E-state index contributed by atoms with van der Waals surface area (Å²) in [5.41, 5.74) is -0.442. The maximum Gasteiger partial charge on any atom is 0.257 e. The number of benzene rings is 1. The number of hydrogen-bond donors (Lipinski definition) is 0. The molecule has 0 aliphatic carbocycles. The van der Waals surface area contributed by atoms with E-state index in [1.165, 1.54) is 19.2 Å². The standard InChI is InChI=1S/C18H25FN2O3/c1-18(2,3)17(23)21-10-6-9-20(11-12-21)16(22)13-7-5-8-14(24-4)15(13)19/h5,7-8H,6,9-12H2,1-4H3. The van der Waals surface area contributed by atoms with Crippen molar-refractivity contribution in [2.24, 2.45) is 5.41 Å². The zero-order valence-corrected chi connectivity index (χ0v) is 14.8. The van der Waals surface area contributed by atoms with Gasteiger partial charge >= 0.3 is 0 Å². The average Bonchev–Trinajstić information content (AvgIpc) is 2.78. The van der Waals surface area contributed by atoms with Crippen LogP contribution in [0, 0.1) is 11.2 Å². The molecule has 0 spiro atoms. The van der Waals surface area contributed by atoms with Crippen LogP contribution < -0.4 is 4.74 Å². The van der Waals surface area contributed by atoms with Crippen molar-refractivity contribution in [2.75, 3.05) is 33.3 Å². The number of hydrogen-bond acceptors (Lipinski definition) is 3. The predicted molar refractivity (Wildman–Crippen MR) is 89.5 cm³/mol. The van der Waals surface area contributed by atoms with E-state index in [9.17, 15) is 14.0 Å². The van der Waals surface area contributed by atoms with Gasteiger partial charge in [-0.15, -0.1) is 0 Å². The molecule has 2 rings (SSSR count). The molecule has 1 aliphatic heterocycles. The van der Waals surface area contributed by atoms with Gasteiger partial charge < -0.3 is 14.5 Å². The number of rotatable bonds is 2. The molecule has 0 saturated carbocycles. The second-order valence-corrected chi connectivity index (χ2v) is 7.01. The lowest BCUT2D eigenvalue weighted by Crippen LogP contribution is -2.42. The highest BCUT2D eigenvalue weighted by atomic mass is 19.1. The van der Waals surface area contributed by atoms with Crippen LogP contribution >= 0.6 is 0 Å². The highest BCUT2D eigenvalue weighted by molar-refractivity contribution is 5.95. The number of amides is 2. The quantitative estimate of drug-likeness (QED) is 0.834. The topological polar surface area (TPSA) is 49.9 Å². The maximum atomic E-state index is 14.3. The summed E-state index contributed by atoms with van der Waals surface area (Å²) in [7, 11) is 1.37. The fourth-order valence-electron chi connectivity index (χ4n) is 2.80. The van der Waals surface area contributed by atoms with Crippen LogP contribution in [0.5, 0.6) is 5.75 Å². The maximum absolute atomic E-state index is 14.3. The average molecular weight is 336 g/mol. The van der Waals surface area contributed by atoms with Gasteiger partial charge in [0.1, 0.15) is 0 Å². The van der Waals surface area contributed by atoms with Crippen molar-refractivity contribution in [3.8, 4) is 5.75 Å². The Bertz CT molecular complexity index is 625. The van der Waals surface area contributed by atoms with E-state index >= 15 is 0 Å². The first-order chi connectivity index (χ1) is 11.3. The summed E-state index contributed by atoms with van der Waals surface area (Å²) < 4.78 is 19.2. The van der Waals surface area contributed by atoms with E-state index in [4.69, 9.17) is 4.74 Å². The molecule has 24 heavy (non-hydrogen) atoms. The lowest BCUT2D eigenvalue weighted by molar-refractivity contribution is -0.139. The first-order valence-corrected chi connectivity index (χ1v) is 8.17. The Kier molecular flexibility index (Phi) is 5.47. The molecule has 1 aliphatic rings. The largest absolute Gasteiger partial charge is 0.494 e. The monoisotopic (exact) mass is 336 g/mol. The van der Waals surface area contributed by atoms with Crippen LogP contribution in [-0.4, -0.2) is 54.9 Å². The molecular weight excluding hydrogens is 311 g/mol. The van der Waals surface area contributed by atoms with Gasteiger partial charge in [0, 0.05) is 31.6 Å². The Hall–Kier alpha value is -2.11. The van der Waals surface area contributed by atoms with Gasteiger partial charge in [-0.05, 0) is 18.6 Å². The minimum absolute atomic E-state index is 0.00458. The molecule has 0 aromatic heterocycles. The molecule has 2 amide bonds. The van der Waals surface area contributed by atoms with Gasteiger partial charge in [0.2, 0.25) is 5.91 Å². The molecule has 0 N–H and O–H groups in total. The summed E-state index contributed by atoms with van der Waals surface area (Å²) in [6, 6.07) is 4.55. The van der Waals surface area contributed by atoms with Gasteiger partial charge in [-0.2, -0.15) is 0 Å². The van der Waals surface area contributed by atoms with Crippen LogP contribution in [0.4, 0.5) is 4.39 Å². The number of halogens is 1. The van der Waals surface area contributed by atoms with E-state index in [1.807, 2.05) is 20.8 Å².